The van der Waals surface area contributed by atoms with E-state index in [0.717, 1.165) is 32.7 Å². The maximum absolute atomic E-state index is 9.49. The lowest BCUT2D eigenvalue weighted by molar-refractivity contribution is 0.0495. The minimum atomic E-state index is -0.234. The van der Waals surface area contributed by atoms with E-state index < -0.39 is 0 Å². The van der Waals surface area contributed by atoms with Crippen molar-refractivity contribution in [3.63, 3.8) is 0 Å². The van der Waals surface area contributed by atoms with Gasteiger partial charge in [0, 0.05) is 38.8 Å². The van der Waals surface area contributed by atoms with E-state index in [1.54, 1.807) is 0 Å². The smallest absolute Gasteiger partial charge is 0.0639 e. The van der Waals surface area contributed by atoms with E-state index in [9.17, 15) is 5.11 Å². The van der Waals surface area contributed by atoms with E-state index >= 15 is 0 Å². The SMILES string of the molecule is CC(O)CN1CCN(C/C=C/c2ccccc2)CC1C. The van der Waals surface area contributed by atoms with Crippen LogP contribution in [0.15, 0.2) is 36.4 Å². The van der Waals surface area contributed by atoms with Gasteiger partial charge in [0.1, 0.15) is 0 Å². The average Bonchev–Trinajstić information content (AvgIpc) is 2.43. The number of β-amino-alcohol motifs (C(OH)–C–C–N with tert-alkyl or cyclic N) is 1. The highest BCUT2D eigenvalue weighted by molar-refractivity contribution is 5.48. The third-order valence-corrected chi connectivity index (χ3v) is 3.82. The molecule has 0 amide bonds. The van der Waals surface area contributed by atoms with Gasteiger partial charge < -0.3 is 5.11 Å². The number of aliphatic hydroxyl groups is 1. The topological polar surface area (TPSA) is 26.7 Å². The quantitative estimate of drug-likeness (QED) is 0.890. The molecule has 0 radical (unpaired) electrons. The Labute approximate surface area is 122 Å². The monoisotopic (exact) mass is 274 g/mol. The lowest BCUT2D eigenvalue weighted by atomic mass is 10.1. The molecule has 20 heavy (non-hydrogen) atoms. The number of nitrogens with zero attached hydrogens (tertiary/aromatic N) is 2. The molecule has 3 nitrogen and oxygen atoms in total. The van der Waals surface area contributed by atoms with E-state index in [1.807, 2.05) is 13.0 Å². The zero-order valence-corrected chi connectivity index (χ0v) is 12.6. The molecule has 0 saturated carbocycles. The average molecular weight is 274 g/mol. The fraction of sp³-hybridized carbons (Fsp3) is 0.529. The van der Waals surface area contributed by atoms with E-state index in [2.05, 4.69) is 53.1 Å². The summed E-state index contributed by atoms with van der Waals surface area (Å²) < 4.78 is 0. The summed E-state index contributed by atoms with van der Waals surface area (Å²) in [6.07, 6.45) is 4.20. The molecule has 3 heteroatoms. The van der Waals surface area contributed by atoms with Crippen molar-refractivity contribution in [3.05, 3.63) is 42.0 Å². The molecule has 0 spiro atoms. The van der Waals surface area contributed by atoms with Crippen molar-refractivity contribution in [1.29, 1.82) is 0 Å². The summed E-state index contributed by atoms with van der Waals surface area (Å²) in [5.74, 6) is 0. The fourth-order valence-corrected chi connectivity index (χ4v) is 2.75. The Bertz CT molecular complexity index is 416. The summed E-state index contributed by atoms with van der Waals surface area (Å²) in [5, 5.41) is 9.49. The van der Waals surface area contributed by atoms with Crippen LogP contribution in [0.5, 0.6) is 0 Å². The van der Waals surface area contributed by atoms with Crippen LogP contribution in [0.25, 0.3) is 6.08 Å². The molecule has 2 rings (SSSR count). The fourth-order valence-electron chi connectivity index (χ4n) is 2.75. The molecular formula is C17H26N2O. The van der Waals surface area contributed by atoms with E-state index in [4.69, 9.17) is 0 Å². The summed E-state index contributed by atoms with van der Waals surface area (Å²) in [5.41, 5.74) is 1.26. The van der Waals surface area contributed by atoms with Crippen LogP contribution in [-0.2, 0) is 0 Å². The lowest BCUT2D eigenvalue weighted by Crippen LogP contribution is -2.53. The van der Waals surface area contributed by atoms with Gasteiger partial charge in [0.15, 0.2) is 0 Å². The molecule has 0 aliphatic carbocycles. The van der Waals surface area contributed by atoms with Gasteiger partial charge in [-0.05, 0) is 19.4 Å². The number of rotatable bonds is 5. The highest BCUT2D eigenvalue weighted by Gasteiger charge is 2.23. The Kier molecular flexibility index (Phi) is 5.77. The van der Waals surface area contributed by atoms with Crippen LogP contribution in [0.2, 0.25) is 0 Å². The van der Waals surface area contributed by atoms with Crippen LogP contribution in [-0.4, -0.2) is 59.8 Å². The van der Waals surface area contributed by atoms with Crippen LogP contribution in [0.4, 0.5) is 0 Å². The molecule has 1 N–H and O–H groups in total. The number of hydrogen-bond acceptors (Lipinski definition) is 3. The maximum Gasteiger partial charge on any atom is 0.0639 e. The lowest BCUT2D eigenvalue weighted by Gasteiger charge is -2.40. The Balaban J connectivity index is 1.77. The molecule has 0 aromatic heterocycles. The van der Waals surface area contributed by atoms with Crippen molar-refractivity contribution in [3.8, 4) is 0 Å². The zero-order valence-electron chi connectivity index (χ0n) is 12.6. The second kappa shape index (κ2) is 7.58. The van der Waals surface area contributed by atoms with Gasteiger partial charge in [-0.15, -0.1) is 0 Å². The van der Waals surface area contributed by atoms with Gasteiger partial charge in [0.25, 0.3) is 0 Å². The third-order valence-electron chi connectivity index (χ3n) is 3.82. The normalized spacial score (nSPS) is 23.2. The van der Waals surface area contributed by atoms with Gasteiger partial charge in [0.05, 0.1) is 6.10 Å². The Morgan fingerprint density at radius 3 is 2.70 bits per heavy atom. The van der Waals surface area contributed by atoms with Crippen molar-refractivity contribution < 1.29 is 5.11 Å². The Morgan fingerprint density at radius 1 is 1.30 bits per heavy atom. The Morgan fingerprint density at radius 2 is 2.05 bits per heavy atom. The molecule has 1 aliphatic rings. The summed E-state index contributed by atoms with van der Waals surface area (Å²) in [7, 11) is 0. The number of piperazine rings is 1. The van der Waals surface area contributed by atoms with Crippen LogP contribution in [0, 0.1) is 0 Å². The zero-order chi connectivity index (χ0) is 14.4. The van der Waals surface area contributed by atoms with E-state index in [0.29, 0.717) is 6.04 Å². The minimum Gasteiger partial charge on any atom is -0.392 e. The van der Waals surface area contributed by atoms with Gasteiger partial charge in [0.2, 0.25) is 0 Å². The second-order valence-corrected chi connectivity index (χ2v) is 5.77. The number of aliphatic hydroxyl groups excluding tert-OH is 1. The minimum absolute atomic E-state index is 0.234. The van der Waals surface area contributed by atoms with Gasteiger partial charge in [-0.1, -0.05) is 42.5 Å². The van der Waals surface area contributed by atoms with Crippen LogP contribution in [0.1, 0.15) is 19.4 Å². The maximum atomic E-state index is 9.49. The highest BCUT2D eigenvalue weighted by Crippen LogP contribution is 2.10. The van der Waals surface area contributed by atoms with Gasteiger partial charge in [-0.2, -0.15) is 0 Å². The molecule has 0 bridgehead atoms. The molecule has 1 heterocycles. The van der Waals surface area contributed by atoms with Gasteiger partial charge >= 0.3 is 0 Å². The van der Waals surface area contributed by atoms with Crippen LogP contribution in [0.3, 0.4) is 0 Å². The first-order chi connectivity index (χ1) is 9.65. The van der Waals surface area contributed by atoms with Gasteiger partial charge in [-0.25, -0.2) is 0 Å². The second-order valence-electron chi connectivity index (χ2n) is 5.77. The van der Waals surface area contributed by atoms with Crippen LogP contribution >= 0.6 is 0 Å². The highest BCUT2D eigenvalue weighted by atomic mass is 16.3. The first-order valence-corrected chi connectivity index (χ1v) is 7.51. The predicted octanol–water partition coefficient (Wildman–Crippen LogP) is 2.09. The van der Waals surface area contributed by atoms with Crippen LogP contribution < -0.4 is 0 Å². The molecule has 1 saturated heterocycles. The molecule has 2 unspecified atom stereocenters. The molecule has 1 aromatic rings. The largest absolute Gasteiger partial charge is 0.392 e. The predicted molar refractivity (Wildman–Crippen MR) is 84.6 cm³/mol. The molecule has 1 fully saturated rings. The first-order valence-electron chi connectivity index (χ1n) is 7.51. The van der Waals surface area contributed by atoms with Crippen molar-refractivity contribution in [1.82, 2.24) is 9.80 Å². The summed E-state index contributed by atoms with van der Waals surface area (Å²) in [6, 6.07) is 10.9. The summed E-state index contributed by atoms with van der Waals surface area (Å²) >= 11 is 0. The standard InChI is InChI=1S/C17H26N2O/c1-15-13-18(11-12-19(15)14-16(2)20)10-6-9-17-7-4-3-5-8-17/h3-9,15-16,20H,10-14H2,1-2H3/b9-6+. The summed E-state index contributed by atoms with van der Waals surface area (Å²) in [6.45, 7) is 9.10. The molecule has 110 valence electrons. The van der Waals surface area contributed by atoms with E-state index in [-0.39, 0.29) is 6.10 Å². The molecule has 1 aliphatic heterocycles. The number of benzene rings is 1. The van der Waals surface area contributed by atoms with Crippen molar-refractivity contribution in [2.75, 3.05) is 32.7 Å². The number of hydrogen-bond donors (Lipinski definition) is 1. The van der Waals surface area contributed by atoms with Crippen molar-refractivity contribution in [2.24, 2.45) is 0 Å². The molecular weight excluding hydrogens is 248 g/mol. The Hall–Kier alpha value is -1.16. The van der Waals surface area contributed by atoms with Crippen molar-refractivity contribution >= 4 is 6.08 Å². The molecule has 1 aromatic carbocycles. The van der Waals surface area contributed by atoms with Crippen molar-refractivity contribution in [2.45, 2.75) is 26.0 Å². The third kappa shape index (κ3) is 4.75. The van der Waals surface area contributed by atoms with E-state index in [1.165, 1.54) is 5.56 Å². The first kappa shape index (κ1) is 15.2. The molecule has 2 atom stereocenters. The van der Waals surface area contributed by atoms with Gasteiger partial charge in [-0.3, -0.25) is 9.80 Å². The summed E-state index contributed by atoms with van der Waals surface area (Å²) in [4.78, 5) is 4.85.